The second-order valence-electron chi connectivity index (χ2n) is 6.65. The quantitative estimate of drug-likeness (QED) is 0.614. The number of halogens is 5. The normalized spacial score (nSPS) is 16.7. The van der Waals surface area contributed by atoms with Crippen molar-refractivity contribution in [3.8, 4) is 0 Å². The molecule has 1 N–H and O–H groups in total. The highest BCUT2D eigenvalue weighted by Crippen LogP contribution is 2.39. The molecular formula is C18H15BrClF3N2O3S. The molecule has 29 heavy (non-hydrogen) atoms. The minimum Gasteiger partial charge on any atom is -0.309 e. The van der Waals surface area contributed by atoms with Gasteiger partial charge < -0.3 is 4.90 Å². The maximum Gasteiger partial charge on any atom is 0.417 e. The second-order valence-corrected chi connectivity index (χ2v) is 9.56. The largest absolute Gasteiger partial charge is 0.417 e. The van der Waals surface area contributed by atoms with Gasteiger partial charge in [-0.05, 0) is 65.2 Å². The number of rotatable bonds is 3. The summed E-state index contributed by atoms with van der Waals surface area (Å²) >= 11 is 8.79. The standard InChI is InChI=1S/C18H15BrClF3N2O3S/c1-9-5-11-6-14(19)17(8-16(11)25(9)10(2)26)29(27,28)24-12-3-4-15(20)13(7-12)18(21,22)23/h3-4,6-9,24H,5H2,1-2H3/t9-/m0/s1. The highest BCUT2D eigenvalue weighted by atomic mass is 79.9. The number of nitrogens with zero attached hydrogens (tertiary/aromatic N) is 1. The Hall–Kier alpha value is -1.78. The van der Waals surface area contributed by atoms with Gasteiger partial charge in [0.15, 0.2) is 0 Å². The van der Waals surface area contributed by atoms with Crippen LogP contribution in [0.3, 0.4) is 0 Å². The zero-order chi connectivity index (χ0) is 21.7. The van der Waals surface area contributed by atoms with E-state index in [1.165, 1.54) is 17.9 Å². The van der Waals surface area contributed by atoms with Crippen LogP contribution in [0, 0.1) is 0 Å². The van der Waals surface area contributed by atoms with Crippen molar-refractivity contribution in [3.63, 3.8) is 0 Å². The van der Waals surface area contributed by atoms with E-state index in [2.05, 4.69) is 20.7 Å². The Morgan fingerprint density at radius 3 is 2.52 bits per heavy atom. The first-order valence-corrected chi connectivity index (χ1v) is 11.0. The van der Waals surface area contributed by atoms with Gasteiger partial charge in [0.05, 0.1) is 10.6 Å². The third-order valence-electron chi connectivity index (χ3n) is 4.50. The predicted molar refractivity (Wildman–Crippen MR) is 108 cm³/mol. The van der Waals surface area contributed by atoms with Crippen molar-refractivity contribution in [1.82, 2.24) is 0 Å². The molecule has 1 aliphatic rings. The summed E-state index contributed by atoms with van der Waals surface area (Å²) in [6.07, 6.45) is -4.17. The zero-order valence-electron chi connectivity index (χ0n) is 15.1. The van der Waals surface area contributed by atoms with Crippen molar-refractivity contribution in [1.29, 1.82) is 0 Å². The van der Waals surface area contributed by atoms with Gasteiger partial charge >= 0.3 is 6.18 Å². The van der Waals surface area contributed by atoms with Crippen LogP contribution in [0.2, 0.25) is 5.02 Å². The van der Waals surface area contributed by atoms with Crippen LogP contribution in [-0.4, -0.2) is 20.4 Å². The number of hydrogen-bond donors (Lipinski definition) is 1. The summed E-state index contributed by atoms with van der Waals surface area (Å²) in [6, 6.07) is 5.55. The van der Waals surface area contributed by atoms with Crippen LogP contribution in [0.15, 0.2) is 39.7 Å². The van der Waals surface area contributed by atoms with Gasteiger partial charge in [-0.25, -0.2) is 8.42 Å². The molecule has 0 aromatic heterocycles. The molecule has 0 spiro atoms. The molecule has 2 aromatic rings. The van der Waals surface area contributed by atoms with Crippen LogP contribution < -0.4 is 9.62 Å². The molecule has 0 saturated carbocycles. The summed E-state index contributed by atoms with van der Waals surface area (Å²) in [4.78, 5) is 13.2. The maximum absolute atomic E-state index is 13.0. The zero-order valence-corrected chi connectivity index (χ0v) is 18.3. The van der Waals surface area contributed by atoms with E-state index in [4.69, 9.17) is 11.6 Å². The minimum absolute atomic E-state index is 0.133. The smallest absolute Gasteiger partial charge is 0.309 e. The Balaban J connectivity index is 2.03. The Morgan fingerprint density at radius 1 is 1.28 bits per heavy atom. The monoisotopic (exact) mass is 510 g/mol. The molecule has 11 heteroatoms. The molecule has 3 rings (SSSR count). The number of carbonyl (C=O) groups excluding carboxylic acids is 1. The molecule has 1 amide bonds. The Bertz CT molecular complexity index is 1110. The third-order valence-corrected chi connectivity index (χ3v) is 7.17. The summed E-state index contributed by atoms with van der Waals surface area (Å²) in [6.45, 7) is 3.22. The van der Waals surface area contributed by atoms with E-state index in [0.29, 0.717) is 18.2 Å². The SMILES string of the molecule is CC(=O)N1c2cc(S(=O)(=O)Nc3ccc(Cl)c(C(F)(F)F)c3)c(Br)cc2C[C@@H]1C. The van der Waals surface area contributed by atoms with E-state index in [9.17, 15) is 26.4 Å². The summed E-state index contributed by atoms with van der Waals surface area (Å²) in [5.41, 5.74) is -0.181. The lowest BCUT2D eigenvalue weighted by Crippen LogP contribution is -2.33. The van der Waals surface area contributed by atoms with Gasteiger partial charge in [-0.15, -0.1) is 0 Å². The fraction of sp³-hybridized carbons (Fsp3) is 0.278. The molecule has 0 saturated heterocycles. The number of nitrogens with one attached hydrogen (secondary N) is 1. The molecule has 5 nitrogen and oxygen atoms in total. The molecule has 1 heterocycles. The van der Waals surface area contributed by atoms with E-state index in [0.717, 1.165) is 17.7 Å². The van der Waals surface area contributed by atoms with Gasteiger partial charge in [0.2, 0.25) is 5.91 Å². The molecule has 0 radical (unpaired) electrons. The lowest BCUT2D eigenvalue weighted by Gasteiger charge is -2.21. The molecule has 0 fully saturated rings. The molecule has 0 unspecified atom stereocenters. The molecule has 0 bridgehead atoms. The van der Waals surface area contributed by atoms with Crippen LogP contribution >= 0.6 is 27.5 Å². The van der Waals surface area contributed by atoms with Gasteiger partial charge in [-0.2, -0.15) is 13.2 Å². The third kappa shape index (κ3) is 4.24. The van der Waals surface area contributed by atoms with Crippen molar-refractivity contribution >= 4 is 54.8 Å². The van der Waals surface area contributed by atoms with Crippen molar-refractivity contribution in [2.45, 2.75) is 37.4 Å². The van der Waals surface area contributed by atoms with Gasteiger partial charge in [0.25, 0.3) is 10.0 Å². The van der Waals surface area contributed by atoms with Gasteiger partial charge in [-0.3, -0.25) is 9.52 Å². The molecule has 2 aromatic carbocycles. The number of sulfonamides is 1. The number of anilines is 2. The van der Waals surface area contributed by atoms with Gasteiger partial charge in [0.1, 0.15) is 4.90 Å². The van der Waals surface area contributed by atoms with E-state index < -0.39 is 26.8 Å². The van der Waals surface area contributed by atoms with E-state index in [1.807, 2.05) is 6.92 Å². The summed E-state index contributed by atoms with van der Waals surface area (Å²) in [5.74, 6) is -0.234. The fourth-order valence-electron chi connectivity index (χ4n) is 3.32. The summed E-state index contributed by atoms with van der Waals surface area (Å²) in [5, 5.41) is -0.537. The lowest BCUT2D eigenvalue weighted by atomic mass is 10.1. The van der Waals surface area contributed by atoms with E-state index in [-0.39, 0.29) is 27.0 Å². The first-order chi connectivity index (χ1) is 13.3. The van der Waals surface area contributed by atoms with E-state index in [1.54, 1.807) is 6.07 Å². The highest BCUT2D eigenvalue weighted by molar-refractivity contribution is 9.10. The Kier molecular flexibility index (Phi) is 5.65. The van der Waals surface area contributed by atoms with Crippen LogP contribution in [0.1, 0.15) is 25.0 Å². The Labute approximate surface area is 179 Å². The van der Waals surface area contributed by atoms with Crippen molar-refractivity contribution < 1.29 is 26.4 Å². The van der Waals surface area contributed by atoms with Gasteiger partial charge in [0, 0.05) is 28.8 Å². The topological polar surface area (TPSA) is 66.5 Å². The van der Waals surface area contributed by atoms with Crippen molar-refractivity contribution in [2.24, 2.45) is 0 Å². The minimum atomic E-state index is -4.73. The molecule has 156 valence electrons. The first-order valence-electron chi connectivity index (χ1n) is 8.33. The van der Waals surface area contributed by atoms with Crippen LogP contribution in [0.25, 0.3) is 0 Å². The maximum atomic E-state index is 13.0. The average Bonchev–Trinajstić information content (AvgIpc) is 2.89. The summed E-state index contributed by atoms with van der Waals surface area (Å²) in [7, 11) is -4.25. The van der Waals surface area contributed by atoms with Crippen molar-refractivity contribution in [3.05, 3.63) is 51.0 Å². The van der Waals surface area contributed by atoms with Crippen LogP contribution in [0.4, 0.5) is 24.5 Å². The predicted octanol–water partition coefficient (Wildman–Crippen LogP) is 5.22. The van der Waals surface area contributed by atoms with Crippen LogP contribution in [0.5, 0.6) is 0 Å². The van der Waals surface area contributed by atoms with Crippen LogP contribution in [-0.2, 0) is 27.4 Å². The van der Waals surface area contributed by atoms with Crippen molar-refractivity contribution in [2.75, 3.05) is 9.62 Å². The number of carbonyl (C=O) groups is 1. The molecule has 1 aliphatic heterocycles. The van der Waals surface area contributed by atoms with E-state index >= 15 is 0 Å². The highest BCUT2D eigenvalue weighted by Gasteiger charge is 2.34. The number of amides is 1. The first kappa shape index (κ1) is 21.9. The van der Waals surface area contributed by atoms with Gasteiger partial charge in [-0.1, -0.05) is 11.6 Å². The molecule has 1 atom stereocenters. The molecular weight excluding hydrogens is 497 g/mol. The fourth-order valence-corrected chi connectivity index (χ4v) is 5.71. The molecule has 0 aliphatic carbocycles. The number of alkyl halides is 3. The lowest BCUT2D eigenvalue weighted by molar-refractivity contribution is -0.137. The number of benzene rings is 2. The summed E-state index contributed by atoms with van der Waals surface area (Å²) < 4.78 is 67.3. The number of hydrogen-bond acceptors (Lipinski definition) is 3. The second kappa shape index (κ2) is 7.48. The Morgan fingerprint density at radius 2 is 1.93 bits per heavy atom. The average molecular weight is 512 g/mol. The number of fused-ring (bicyclic) bond motifs is 1.